The number of hydrogen-bond donors (Lipinski definition) is 1. The van der Waals surface area contributed by atoms with Gasteiger partial charge in [-0.3, -0.25) is 9.10 Å². The molecule has 2 aromatic rings. The van der Waals surface area contributed by atoms with Crippen molar-refractivity contribution in [3.8, 4) is 11.5 Å². The Labute approximate surface area is 172 Å². The maximum atomic E-state index is 12.6. The Morgan fingerprint density at radius 2 is 1.69 bits per heavy atom. The van der Waals surface area contributed by atoms with E-state index < -0.39 is 15.9 Å². The van der Waals surface area contributed by atoms with Gasteiger partial charge in [-0.15, -0.1) is 0 Å². The highest BCUT2D eigenvalue weighted by molar-refractivity contribution is 7.92. The van der Waals surface area contributed by atoms with Crippen molar-refractivity contribution in [2.45, 2.75) is 26.3 Å². The predicted molar refractivity (Wildman–Crippen MR) is 114 cm³/mol. The van der Waals surface area contributed by atoms with Crippen LogP contribution in [0.5, 0.6) is 11.5 Å². The van der Waals surface area contributed by atoms with Crippen molar-refractivity contribution >= 4 is 21.6 Å². The lowest BCUT2D eigenvalue weighted by molar-refractivity contribution is -0.120. The van der Waals surface area contributed by atoms with Crippen molar-refractivity contribution in [1.82, 2.24) is 5.32 Å². The van der Waals surface area contributed by atoms with E-state index in [9.17, 15) is 13.2 Å². The van der Waals surface area contributed by atoms with Crippen LogP contribution in [0.4, 0.5) is 5.69 Å². The summed E-state index contributed by atoms with van der Waals surface area (Å²) in [5, 5.41) is 2.86. The van der Waals surface area contributed by atoms with E-state index in [0.29, 0.717) is 17.2 Å². The Hall–Kier alpha value is -2.74. The van der Waals surface area contributed by atoms with Crippen LogP contribution in [-0.2, 0) is 21.2 Å². The summed E-state index contributed by atoms with van der Waals surface area (Å²) in [5.74, 6) is 0.444. The van der Waals surface area contributed by atoms with Gasteiger partial charge in [0.1, 0.15) is 6.54 Å². The summed E-state index contributed by atoms with van der Waals surface area (Å²) in [7, 11) is -0.734. The number of sulfonamides is 1. The molecule has 7 nitrogen and oxygen atoms in total. The number of hydrogen-bond acceptors (Lipinski definition) is 5. The van der Waals surface area contributed by atoms with Crippen molar-refractivity contribution in [2.24, 2.45) is 0 Å². The fourth-order valence-electron chi connectivity index (χ4n) is 2.92. The smallest absolute Gasteiger partial charge is 0.241 e. The number of nitrogens with zero attached hydrogens (tertiary/aromatic N) is 1. The number of methoxy groups -OCH3 is 2. The molecular formula is C21H28N2O5S. The molecule has 0 saturated carbocycles. The van der Waals surface area contributed by atoms with Gasteiger partial charge in [0.25, 0.3) is 0 Å². The molecule has 0 unspecified atom stereocenters. The van der Waals surface area contributed by atoms with Crippen LogP contribution in [0.25, 0.3) is 0 Å². The van der Waals surface area contributed by atoms with Gasteiger partial charge in [0, 0.05) is 6.07 Å². The zero-order valence-corrected chi connectivity index (χ0v) is 18.2. The molecule has 158 valence electrons. The molecule has 0 fully saturated rings. The highest BCUT2D eigenvalue weighted by atomic mass is 32.2. The lowest BCUT2D eigenvalue weighted by Crippen LogP contribution is -2.41. The van der Waals surface area contributed by atoms with E-state index in [2.05, 4.69) is 12.2 Å². The van der Waals surface area contributed by atoms with E-state index in [1.165, 1.54) is 25.8 Å². The van der Waals surface area contributed by atoms with Crippen molar-refractivity contribution in [3.05, 3.63) is 53.6 Å². The van der Waals surface area contributed by atoms with Crippen LogP contribution in [0.3, 0.4) is 0 Å². The highest BCUT2D eigenvalue weighted by Crippen LogP contribution is 2.32. The maximum absolute atomic E-state index is 12.6. The van der Waals surface area contributed by atoms with Crippen LogP contribution in [0.15, 0.2) is 42.5 Å². The third-order valence-electron chi connectivity index (χ3n) is 4.61. The minimum atomic E-state index is -3.69. The molecule has 1 N–H and O–H groups in total. The first-order valence-electron chi connectivity index (χ1n) is 9.27. The topological polar surface area (TPSA) is 84.9 Å². The molecule has 0 heterocycles. The maximum Gasteiger partial charge on any atom is 0.241 e. The normalized spacial score (nSPS) is 12.2. The van der Waals surface area contributed by atoms with E-state index >= 15 is 0 Å². The molecule has 0 bridgehead atoms. The summed E-state index contributed by atoms with van der Waals surface area (Å²) < 4.78 is 36.1. The Morgan fingerprint density at radius 1 is 1.07 bits per heavy atom. The van der Waals surface area contributed by atoms with Crippen LogP contribution in [-0.4, -0.2) is 41.3 Å². The molecule has 0 radical (unpaired) electrons. The third kappa shape index (κ3) is 5.87. The summed E-state index contributed by atoms with van der Waals surface area (Å²) in [6.07, 6.45) is 2.00. The van der Waals surface area contributed by atoms with Gasteiger partial charge in [-0.2, -0.15) is 0 Å². The predicted octanol–water partition coefficient (Wildman–Crippen LogP) is 2.91. The number of nitrogens with one attached hydrogen (secondary N) is 1. The third-order valence-corrected chi connectivity index (χ3v) is 5.75. The Balaban J connectivity index is 2.18. The standard InChI is InChI=1S/C21H28N2O5S/c1-6-16-7-9-17(10-8-16)15(2)22-21(24)14-23(29(5,25)26)18-11-12-19(27-3)20(13-18)28-4/h7-13,15H,6,14H2,1-5H3,(H,22,24)/t15-/m0/s1. The van der Waals surface area contributed by atoms with Gasteiger partial charge >= 0.3 is 0 Å². The van der Waals surface area contributed by atoms with Crippen LogP contribution in [0.1, 0.15) is 31.0 Å². The number of rotatable bonds is 9. The molecule has 0 aliphatic heterocycles. The van der Waals surface area contributed by atoms with E-state index in [1.807, 2.05) is 31.2 Å². The summed E-state index contributed by atoms with van der Waals surface area (Å²) in [4.78, 5) is 12.6. The lowest BCUT2D eigenvalue weighted by Gasteiger charge is -2.24. The van der Waals surface area contributed by atoms with Crippen molar-refractivity contribution in [1.29, 1.82) is 0 Å². The molecule has 0 aliphatic carbocycles. The van der Waals surface area contributed by atoms with Crippen molar-refractivity contribution < 1.29 is 22.7 Å². The van der Waals surface area contributed by atoms with E-state index in [0.717, 1.165) is 22.5 Å². The van der Waals surface area contributed by atoms with Gasteiger partial charge in [-0.25, -0.2) is 8.42 Å². The molecule has 0 spiro atoms. The first-order chi connectivity index (χ1) is 13.7. The molecule has 1 atom stereocenters. The van der Waals surface area contributed by atoms with Gasteiger partial charge in [-0.05, 0) is 36.6 Å². The second-order valence-electron chi connectivity index (χ2n) is 6.69. The first-order valence-corrected chi connectivity index (χ1v) is 11.1. The first kappa shape index (κ1) is 22.5. The second kappa shape index (κ2) is 9.65. The monoisotopic (exact) mass is 420 g/mol. The average Bonchev–Trinajstić information content (AvgIpc) is 2.70. The van der Waals surface area contributed by atoms with Gasteiger partial charge in [-0.1, -0.05) is 31.2 Å². The molecule has 2 rings (SSSR count). The molecule has 8 heteroatoms. The lowest BCUT2D eigenvalue weighted by atomic mass is 10.1. The number of carbonyl (C=O) groups excluding carboxylic acids is 1. The highest BCUT2D eigenvalue weighted by Gasteiger charge is 2.23. The molecule has 2 aromatic carbocycles. The van der Waals surface area contributed by atoms with Crippen LogP contribution in [0, 0.1) is 0 Å². The number of ether oxygens (including phenoxy) is 2. The molecule has 0 aromatic heterocycles. The summed E-state index contributed by atoms with van der Waals surface area (Å²) in [6.45, 7) is 3.60. The van der Waals surface area contributed by atoms with Gasteiger partial charge < -0.3 is 14.8 Å². The molecular weight excluding hydrogens is 392 g/mol. The fraction of sp³-hybridized carbons (Fsp3) is 0.381. The average molecular weight is 421 g/mol. The molecule has 1 amide bonds. The molecule has 0 saturated heterocycles. The van der Waals surface area contributed by atoms with Crippen LogP contribution < -0.4 is 19.1 Å². The quantitative estimate of drug-likeness (QED) is 0.674. The van der Waals surface area contributed by atoms with Crippen molar-refractivity contribution in [3.63, 3.8) is 0 Å². The Kier molecular flexibility index (Phi) is 7.50. The number of anilines is 1. The second-order valence-corrected chi connectivity index (χ2v) is 8.60. The minimum absolute atomic E-state index is 0.250. The zero-order valence-electron chi connectivity index (χ0n) is 17.4. The number of benzene rings is 2. The molecule has 29 heavy (non-hydrogen) atoms. The Bertz CT molecular complexity index is 942. The number of aryl methyl sites for hydroxylation is 1. The number of amides is 1. The Morgan fingerprint density at radius 3 is 2.21 bits per heavy atom. The summed E-state index contributed by atoms with van der Waals surface area (Å²) in [5.41, 5.74) is 2.48. The zero-order chi connectivity index (χ0) is 21.6. The SMILES string of the molecule is CCc1ccc([C@H](C)NC(=O)CN(c2ccc(OC)c(OC)c2)S(C)(=O)=O)cc1. The van der Waals surface area contributed by atoms with Crippen LogP contribution in [0.2, 0.25) is 0 Å². The van der Waals surface area contributed by atoms with E-state index in [4.69, 9.17) is 9.47 Å². The van der Waals surface area contributed by atoms with Crippen molar-refractivity contribution in [2.75, 3.05) is 31.3 Å². The van der Waals surface area contributed by atoms with Gasteiger partial charge in [0.05, 0.1) is 32.2 Å². The summed E-state index contributed by atoms with van der Waals surface area (Å²) >= 11 is 0. The van der Waals surface area contributed by atoms with E-state index in [1.54, 1.807) is 12.1 Å². The minimum Gasteiger partial charge on any atom is -0.493 e. The van der Waals surface area contributed by atoms with Gasteiger partial charge in [0.2, 0.25) is 15.9 Å². The number of carbonyl (C=O) groups is 1. The fourth-order valence-corrected chi connectivity index (χ4v) is 3.77. The van der Waals surface area contributed by atoms with Crippen LogP contribution >= 0.6 is 0 Å². The summed E-state index contributed by atoms with van der Waals surface area (Å²) in [6, 6.07) is 12.4. The van der Waals surface area contributed by atoms with E-state index in [-0.39, 0.29) is 12.6 Å². The van der Waals surface area contributed by atoms with Gasteiger partial charge in [0.15, 0.2) is 11.5 Å². The molecule has 0 aliphatic rings. The largest absolute Gasteiger partial charge is 0.493 e.